The summed E-state index contributed by atoms with van der Waals surface area (Å²) >= 11 is 3.34. The van der Waals surface area contributed by atoms with Crippen LogP contribution in [0.5, 0.6) is 0 Å². The Bertz CT molecular complexity index is 364. The van der Waals surface area contributed by atoms with Crippen LogP contribution in [0, 0.1) is 17.7 Å². The lowest BCUT2D eigenvalue weighted by Gasteiger charge is -2.35. The normalized spacial score (nSPS) is 26.1. The van der Waals surface area contributed by atoms with E-state index in [0.29, 0.717) is 0 Å². The van der Waals surface area contributed by atoms with Crippen LogP contribution in [0.2, 0.25) is 0 Å². The summed E-state index contributed by atoms with van der Waals surface area (Å²) in [6.07, 6.45) is 1.31. The maximum Gasteiger partial charge on any atom is 0.124 e. The second-order valence-corrected chi connectivity index (χ2v) is 6.33. The van der Waals surface area contributed by atoms with Crippen LogP contribution < -0.4 is 0 Å². The van der Waals surface area contributed by atoms with Crippen LogP contribution in [0.15, 0.2) is 22.7 Å². The number of likely N-dealkylation sites (tertiary alicyclic amines) is 1. The van der Waals surface area contributed by atoms with Crippen molar-refractivity contribution in [1.82, 2.24) is 4.90 Å². The first kappa shape index (κ1) is 13.0. The lowest BCUT2D eigenvalue weighted by atomic mass is 9.91. The van der Waals surface area contributed by atoms with E-state index in [9.17, 15) is 4.39 Å². The molecule has 0 aromatic heterocycles. The molecule has 2 rings (SSSR count). The highest BCUT2D eigenvalue weighted by Crippen LogP contribution is 2.23. The van der Waals surface area contributed by atoms with E-state index in [1.54, 1.807) is 6.07 Å². The Morgan fingerprint density at radius 1 is 1.24 bits per heavy atom. The molecular formula is C14H19BrFN. The Hall–Kier alpha value is -0.410. The highest BCUT2D eigenvalue weighted by Gasteiger charge is 2.21. The van der Waals surface area contributed by atoms with E-state index in [1.165, 1.54) is 12.5 Å². The molecule has 1 aromatic rings. The van der Waals surface area contributed by atoms with Gasteiger partial charge in [-0.1, -0.05) is 29.8 Å². The fourth-order valence-corrected chi connectivity index (χ4v) is 3.39. The SMILES string of the molecule is CC1CC(C)CN(Cc2cc(F)cc(Br)c2)C1. The minimum atomic E-state index is -0.160. The van der Waals surface area contributed by atoms with Crippen molar-refractivity contribution in [1.29, 1.82) is 0 Å². The van der Waals surface area contributed by atoms with Gasteiger partial charge in [0.1, 0.15) is 5.82 Å². The van der Waals surface area contributed by atoms with Gasteiger partial charge in [0, 0.05) is 24.1 Å². The van der Waals surface area contributed by atoms with E-state index in [0.717, 1.165) is 41.5 Å². The van der Waals surface area contributed by atoms with Gasteiger partial charge in [-0.15, -0.1) is 0 Å². The van der Waals surface area contributed by atoms with E-state index < -0.39 is 0 Å². The molecule has 1 aliphatic rings. The molecule has 0 radical (unpaired) electrons. The van der Waals surface area contributed by atoms with Crippen molar-refractivity contribution < 1.29 is 4.39 Å². The summed E-state index contributed by atoms with van der Waals surface area (Å²) in [6, 6.07) is 5.15. The van der Waals surface area contributed by atoms with Gasteiger partial charge in [0.2, 0.25) is 0 Å². The van der Waals surface area contributed by atoms with Crippen LogP contribution >= 0.6 is 15.9 Å². The molecule has 0 spiro atoms. The van der Waals surface area contributed by atoms with Gasteiger partial charge in [-0.3, -0.25) is 4.90 Å². The summed E-state index contributed by atoms with van der Waals surface area (Å²) in [4.78, 5) is 2.43. The molecule has 3 heteroatoms. The molecule has 1 fully saturated rings. The van der Waals surface area contributed by atoms with Crippen LogP contribution in [0.1, 0.15) is 25.8 Å². The number of halogens is 2. The van der Waals surface area contributed by atoms with Crippen LogP contribution in [0.4, 0.5) is 4.39 Å². The molecule has 0 aliphatic carbocycles. The second kappa shape index (κ2) is 5.49. The van der Waals surface area contributed by atoms with Crippen molar-refractivity contribution in [2.45, 2.75) is 26.8 Å². The first-order valence-corrected chi connectivity index (χ1v) is 6.99. The van der Waals surface area contributed by atoms with Gasteiger partial charge in [-0.25, -0.2) is 4.39 Å². The quantitative estimate of drug-likeness (QED) is 0.796. The molecule has 2 unspecified atom stereocenters. The minimum absolute atomic E-state index is 0.160. The molecule has 94 valence electrons. The van der Waals surface area contributed by atoms with E-state index in [2.05, 4.69) is 34.7 Å². The Morgan fingerprint density at radius 3 is 2.47 bits per heavy atom. The van der Waals surface area contributed by atoms with Crippen LogP contribution in [0.25, 0.3) is 0 Å². The molecule has 1 heterocycles. The standard InChI is InChI=1S/C14H19BrFN/c1-10-3-11(2)8-17(7-10)9-12-4-13(15)6-14(16)5-12/h4-6,10-11H,3,7-9H2,1-2H3. The van der Waals surface area contributed by atoms with Crippen molar-refractivity contribution in [3.63, 3.8) is 0 Å². The first-order chi connectivity index (χ1) is 8.02. The molecule has 1 aromatic carbocycles. The zero-order valence-corrected chi connectivity index (χ0v) is 12.0. The van der Waals surface area contributed by atoms with Crippen LogP contribution in [0.3, 0.4) is 0 Å². The number of piperidine rings is 1. The number of rotatable bonds is 2. The molecule has 0 amide bonds. The topological polar surface area (TPSA) is 3.24 Å². The minimum Gasteiger partial charge on any atom is -0.299 e. The zero-order valence-electron chi connectivity index (χ0n) is 10.4. The highest BCUT2D eigenvalue weighted by atomic mass is 79.9. The van der Waals surface area contributed by atoms with Gasteiger partial charge in [0.15, 0.2) is 0 Å². The van der Waals surface area contributed by atoms with Crippen LogP contribution in [-0.2, 0) is 6.54 Å². The van der Waals surface area contributed by atoms with E-state index in [-0.39, 0.29) is 5.82 Å². The molecule has 0 bridgehead atoms. The summed E-state index contributed by atoms with van der Waals surface area (Å²) in [5.41, 5.74) is 1.05. The average molecular weight is 300 g/mol. The van der Waals surface area contributed by atoms with Gasteiger partial charge < -0.3 is 0 Å². The monoisotopic (exact) mass is 299 g/mol. The van der Waals surface area contributed by atoms with E-state index in [1.807, 2.05) is 6.07 Å². The lowest BCUT2D eigenvalue weighted by Crippen LogP contribution is -2.38. The van der Waals surface area contributed by atoms with Gasteiger partial charge in [-0.05, 0) is 42.0 Å². The second-order valence-electron chi connectivity index (χ2n) is 5.42. The number of hydrogen-bond acceptors (Lipinski definition) is 1. The zero-order chi connectivity index (χ0) is 12.4. The van der Waals surface area contributed by atoms with Crippen molar-refractivity contribution >= 4 is 15.9 Å². The molecule has 1 saturated heterocycles. The number of benzene rings is 1. The average Bonchev–Trinajstić information content (AvgIpc) is 2.13. The van der Waals surface area contributed by atoms with Gasteiger partial charge in [0.05, 0.1) is 0 Å². The fraction of sp³-hybridized carbons (Fsp3) is 0.571. The third-order valence-electron chi connectivity index (χ3n) is 3.27. The van der Waals surface area contributed by atoms with Gasteiger partial charge >= 0.3 is 0 Å². The summed E-state index contributed by atoms with van der Waals surface area (Å²) in [6.45, 7) is 7.69. The Morgan fingerprint density at radius 2 is 1.88 bits per heavy atom. The van der Waals surface area contributed by atoms with E-state index >= 15 is 0 Å². The first-order valence-electron chi connectivity index (χ1n) is 6.20. The predicted molar refractivity (Wildman–Crippen MR) is 72.3 cm³/mol. The Kier molecular flexibility index (Phi) is 4.21. The van der Waals surface area contributed by atoms with Crippen molar-refractivity contribution in [3.8, 4) is 0 Å². The molecule has 1 nitrogen and oxygen atoms in total. The molecule has 1 aliphatic heterocycles. The maximum absolute atomic E-state index is 13.3. The summed E-state index contributed by atoms with van der Waals surface area (Å²) in [5, 5.41) is 0. The van der Waals surface area contributed by atoms with E-state index in [4.69, 9.17) is 0 Å². The molecule has 0 saturated carbocycles. The molecule has 2 atom stereocenters. The third-order valence-corrected chi connectivity index (χ3v) is 3.73. The van der Waals surface area contributed by atoms with Crippen molar-refractivity contribution in [2.24, 2.45) is 11.8 Å². The summed E-state index contributed by atoms with van der Waals surface area (Å²) in [7, 11) is 0. The smallest absolute Gasteiger partial charge is 0.124 e. The van der Waals surface area contributed by atoms with Gasteiger partial charge in [0.25, 0.3) is 0 Å². The molecule has 17 heavy (non-hydrogen) atoms. The Labute approximate surface area is 111 Å². The number of nitrogens with zero attached hydrogens (tertiary/aromatic N) is 1. The maximum atomic E-state index is 13.3. The van der Waals surface area contributed by atoms with Crippen molar-refractivity contribution in [2.75, 3.05) is 13.1 Å². The largest absolute Gasteiger partial charge is 0.299 e. The summed E-state index contributed by atoms with van der Waals surface area (Å²) < 4.78 is 14.1. The highest BCUT2D eigenvalue weighted by molar-refractivity contribution is 9.10. The fourth-order valence-electron chi connectivity index (χ4n) is 2.88. The lowest BCUT2D eigenvalue weighted by molar-refractivity contribution is 0.134. The third kappa shape index (κ3) is 3.78. The Balaban J connectivity index is 2.04. The van der Waals surface area contributed by atoms with Crippen LogP contribution in [-0.4, -0.2) is 18.0 Å². The molecule has 0 N–H and O–H groups in total. The molecular weight excluding hydrogens is 281 g/mol. The number of hydrogen-bond donors (Lipinski definition) is 0. The summed E-state index contributed by atoms with van der Waals surface area (Å²) in [5.74, 6) is 1.33. The van der Waals surface area contributed by atoms with Crippen molar-refractivity contribution in [3.05, 3.63) is 34.1 Å². The van der Waals surface area contributed by atoms with Gasteiger partial charge in [-0.2, -0.15) is 0 Å². The predicted octanol–water partition coefficient (Wildman–Crippen LogP) is 4.07.